The van der Waals surface area contributed by atoms with Gasteiger partial charge in [-0.15, -0.1) is 0 Å². The molecule has 4 N–H and O–H groups in total. The first-order chi connectivity index (χ1) is 13.9. The number of aromatic amines is 1. The molecule has 10 nitrogen and oxygen atoms in total. The van der Waals surface area contributed by atoms with Gasteiger partial charge in [-0.05, 0) is 25.5 Å². The second kappa shape index (κ2) is 7.36. The summed E-state index contributed by atoms with van der Waals surface area (Å²) in [5.74, 6) is -0.762. The highest BCUT2D eigenvalue weighted by molar-refractivity contribution is 7.17. The van der Waals surface area contributed by atoms with Gasteiger partial charge in [0.15, 0.2) is 10.9 Å². The highest BCUT2D eigenvalue weighted by Crippen LogP contribution is 2.28. The first kappa shape index (κ1) is 18.6. The molecule has 0 saturated carbocycles. The summed E-state index contributed by atoms with van der Waals surface area (Å²) in [7, 11) is 0. The first-order valence-electron chi connectivity index (χ1n) is 8.63. The van der Waals surface area contributed by atoms with Gasteiger partial charge in [0, 0.05) is 17.1 Å². The van der Waals surface area contributed by atoms with E-state index in [1.54, 1.807) is 12.4 Å². The molecule has 3 heterocycles. The van der Waals surface area contributed by atoms with Crippen LogP contribution >= 0.6 is 11.3 Å². The van der Waals surface area contributed by atoms with Gasteiger partial charge in [-0.25, -0.2) is 4.98 Å². The minimum atomic E-state index is -0.977. The first-order valence-corrected chi connectivity index (χ1v) is 9.45. The number of benzene rings is 1. The number of H-pyrrole nitrogens is 1. The lowest BCUT2D eigenvalue weighted by atomic mass is 10.1. The van der Waals surface area contributed by atoms with Crippen molar-refractivity contribution in [1.82, 2.24) is 25.0 Å². The van der Waals surface area contributed by atoms with Crippen molar-refractivity contribution in [3.05, 3.63) is 46.7 Å². The Hall–Kier alpha value is -3.73. The van der Waals surface area contributed by atoms with Crippen molar-refractivity contribution in [1.29, 1.82) is 0 Å². The summed E-state index contributed by atoms with van der Waals surface area (Å²) >= 11 is 1.18. The number of aliphatic carboxylic acids is 1. The maximum atomic E-state index is 12.7. The zero-order valence-corrected chi connectivity index (χ0v) is 16.4. The summed E-state index contributed by atoms with van der Waals surface area (Å²) < 4.78 is 1.33. The van der Waals surface area contributed by atoms with E-state index in [2.05, 4.69) is 30.9 Å². The number of nitrogens with one attached hydrogen (secondary N) is 3. The minimum absolute atomic E-state index is 0.229. The fourth-order valence-corrected chi connectivity index (χ4v) is 3.58. The second-order valence-electron chi connectivity index (χ2n) is 6.45. The Morgan fingerprint density at radius 1 is 1.24 bits per heavy atom. The van der Waals surface area contributed by atoms with Gasteiger partial charge in [0.05, 0.1) is 23.6 Å². The van der Waals surface area contributed by atoms with Gasteiger partial charge >= 0.3 is 5.97 Å². The molecule has 1 aromatic carbocycles. The topological polar surface area (TPSA) is 138 Å². The van der Waals surface area contributed by atoms with E-state index < -0.39 is 5.97 Å². The number of fused-ring (bicyclic) bond motifs is 1. The fourth-order valence-electron chi connectivity index (χ4n) is 2.87. The average Bonchev–Trinajstić information content (AvgIpc) is 3.38. The van der Waals surface area contributed by atoms with E-state index in [0.717, 1.165) is 22.0 Å². The molecule has 0 bridgehead atoms. The number of carbonyl (C=O) groups is 2. The normalized spacial score (nSPS) is 11.0. The summed E-state index contributed by atoms with van der Waals surface area (Å²) in [4.78, 5) is 28.2. The molecular formula is C18H17N7O3S. The number of hydrogen-bond acceptors (Lipinski definition) is 7. The van der Waals surface area contributed by atoms with Crippen molar-refractivity contribution >= 4 is 50.8 Å². The Bertz CT molecular complexity index is 1220. The average molecular weight is 411 g/mol. The molecule has 0 aliphatic rings. The molecule has 0 unspecified atom stereocenters. The number of aryl methyl sites for hydroxylation is 2. The summed E-state index contributed by atoms with van der Waals surface area (Å²) in [6.07, 6.45) is 4.79. The van der Waals surface area contributed by atoms with Crippen molar-refractivity contribution in [2.45, 2.75) is 20.4 Å². The van der Waals surface area contributed by atoms with E-state index in [1.165, 1.54) is 22.2 Å². The Balaban J connectivity index is 1.51. The largest absolute Gasteiger partial charge is 0.480 e. The number of carboxylic acids is 1. The standard InChI is InChI=1S/C18H17N7O3S/c1-9-3-4-12-11(5-20-23-12)15(9)21-17(28)13-6-19-18(29-13)22-16-10(2)7-25(24-16)8-14(26)27/h3-7H,8H2,1-2H3,(H,20,23)(H,21,28)(H,26,27)(H,19,22,24). The number of amides is 1. The Morgan fingerprint density at radius 2 is 2.07 bits per heavy atom. The van der Waals surface area contributed by atoms with E-state index in [-0.39, 0.29) is 12.5 Å². The Labute approximate surface area is 168 Å². The lowest BCUT2D eigenvalue weighted by Gasteiger charge is -2.08. The van der Waals surface area contributed by atoms with Crippen molar-refractivity contribution in [2.24, 2.45) is 0 Å². The molecule has 0 saturated heterocycles. The number of anilines is 3. The third-order valence-corrected chi connectivity index (χ3v) is 5.18. The van der Waals surface area contributed by atoms with Crippen LogP contribution in [0.1, 0.15) is 20.8 Å². The molecule has 0 spiro atoms. The number of nitrogens with zero attached hydrogens (tertiary/aromatic N) is 4. The second-order valence-corrected chi connectivity index (χ2v) is 7.48. The van der Waals surface area contributed by atoms with E-state index in [9.17, 15) is 9.59 Å². The van der Waals surface area contributed by atoms with Crippen LogP contribution in [0.5, 0.6) is 0 Å². The van der Waals surface area contributed by atoms with Gasteiger partial charge in [0.2, 0.25) is 0 Å². The fraction of sp³-hybridized carbons (Fsp3) is 0.167. The smallest absolute Gasteiger partial charge is 0.325 e. The van der Waals surface area contributed by atoms with Crippen LogP contribution in [0.4, 0.5) is 16.6 Å². The van der Waals surface area contributed by atoms with Crippen molar-refractivity contribution < 1.29 is 14.7 Å². The Morgan fingerprint density at radius 3 is 2.86 bits per heavy atom. The molecule has 0 atom stereocenters. The lowest BCUT2D eigenvalue weighted by molar-refractivity contribution is -0.137. The maximum Gasteiger partial charge on any atom is 0.325 e. The Kier molecular flexibility index (Phi) is 4.72. The lowest BCUT2D eigenvalue weighted by Crippen LogP contribution is -2.11. The van der Waals surface area contributed by atoms with Crippen LogP contribution < -0.4 is 10.6 Å². The molecule has 11 heteroatoms. The molecule has 29 heavy (non-hydrogen) atoms. The predicted molar refractivity (Wildman–Crippen MR) is 109 cm³/mol. The molecule has 1 amide bonds. The SMILES string of the molecule is Cc1cn(CC(=O)O)nc1Nc1ncc(C(=O)Nc2c(C)ccc3[nH]ncc23)s1. The van der Waals surface area contributed by atoms with E-state index in [0.29, 0.717) is 21.5 Å². The monoisotopic (exact) mass is 411 g/mol. The van der Waals surface area contributed by atoms with E-state index in [1.807, 2.05) is 26.0 Å². The van der Waals surface area contributed by atoms with Gasteiger partial charge in [0.1, 0.15) is 11.4 Å². The van der Waals surface area contributed by atoms with Crippen LogP contribution in [0.2, 0.25) is 0 Å². The van der Waals surface area contributed by atoms with Crippen molar-refractivity contribution in [3.8, 4) is 0 Å². The predicted octanol–water partition coefficient (Wildman–Crippen LogP) is 2.91. The van der Waals surface area contributed by atoms with Crippen molar-refractivity contribution in [3.63, 3.8) is 0 Å². The minimum Gasteiger partial charge on any atom is -0.480 e. The van der Waals surface area contributed by atoms with Crippen LogP contribution in [0.25, 0.3) is 10.9 Å². The number of hydrogen-bond donors (Lipinski definition) is 4. The summed E-state index contributed by atoms with van der Waals surface area (Å²) in [6, 6.07) is 3.82. The number of thiazole rings is 1. The number of aromatic nitrogens is 5. The third kappa shape index (κ3) is 3.80. The van der Waals surface area contributed by atoms with Gasteiger partial charge < -0.3 is 15.7 Å². The van der Waals surface area contributed by atoms with Crippen molar-refractivity contribution in [2.75, 3.05) is 10.6 Å². The van der Waals surface area contributed by atoms with Crippen LogP contribution in [-0.4, -0.2) is 41.9 Å². The number of carbonyl (C=O) groups excluding carboxylic acids is 1. The summed E-state index contributed by atoms with van der Waals surface area (Å²) in [6.45, 7) is 3.49. The molecule has 148 valence electrons. The molecule has 0 aliphatic carbocycles. The highest BCUT2D eigenvalue weighted by atomic mass is 32.1. The molecule has 0 radical (unpaired) electrons. The van der Waals surface area contributed by atoms with Gasteiger partial charge in [0.25, 0.3) is 5.91 Å². The van der Waals surface area contributed by atoms with Gasteiger partial charge in [-0.1, -0.05) is 17.4 Å². The van der Waals surface area contributed by atoms with E-state index >= 15 is 0 Å². The summed E-state index contributed by atoms with van der Waals surface area (Å²) in [5, 5.41) is 27.2. The number of carboxylic acid groups (broad SMARTS) is 1. The zero-order chi connectivity index (χ0) is 20.5. The van der Waals surface area contributed by atoms with Gasteiger partial charge in [-0.3, -0.25) is 19.4 Å². The highest BCUT2D eigenvalue weighted by Gasteiger charge is 2.16. The molecule has 0 aliphatic heterocycles. The van der Waals surface area contributed by atoms with E-state index in [4.69, 9.17) is 5.11 Å². The quantitative estimate of drug-likeness (QED) is 0.383. The van der Waals surface area contributed by atoms with Crippen LogP contribution in [0.3, 0.4) is 0 Å². The van der Waals surface area contributed by atoms with Crippen LogP contribution in [0, 0.1) is 13.8 Å². The molecule has 4 aromatic rings. The molecular weight excluding hydrogens is 394 g/mol. The third-order valence-electron chi connectivity index (χ3n) is 4.27. The van der Waals surface area contributed by atoms with Crippen LogP contribution in [0.15, 0.2) is 30.7 Å². The van der Waals surface area contributed by atoms with Crippen LogP contribution in [-0.2, 0) is 11.3 Å². The molecule has 0 fully saturated rings. The number of rotatable bonds is 6. The van der Waals surface area contributed by atoms with Gasteiger partial charge in [-0.2, -0.15) is 10.2 Å². The zero-order valence-electron chi connectivity index (χ0n) is 15.6. The summed E-state index contributed by atoms with van der Waals surface area (Å²) in [5.41, 5.74) is 3.24. The maximum absolute atomic E-state index is 12.7. The molecule has 4 rings (SSSR count). The molecule has 3 aromatic heterocycles.